The highest BCUT2D eigenvalue weighted by molar-refractivity contribution is 5.94. The summed E-state index contributed by atoms with van der Waals surface area (Å²) in [6.07, 6.45) is 1.96. The third kappa shape index (κ3) is 5.10. The van der Waals surface area contributed by atoms with Crippen LogP contribution in [0.5, 0.6) is 0 Å². The summed E-state index contributed by atoms with van der Waals surface area (Å²) in [6.45, 7) is 7.89. The van der Waals surface area contributed by atoms with E-state index in [2.05, 4.69) is 22.2 Å². The van der Waals surface area contributed by atoms with Gasteiger partial charge in [0.2, 0.25) is 0 Å². The number of aliphatic hydroxyl groups is 1. The number of carbonyl (C=O) groups is 1. The van der Waals surface area contributed by atoms with Crippen LogP contribution in [0.1, 0.15) is 49.1 Å². The van der Waals surface area contributed by atoms with Crippen LogP contribution < -0.4 is 5.32 Å². The molecule has 2 N–H and O–H groups in total. The second-order valence-electron chi connectivity index (χ2n) is 6.63. The highest BCUT2D eigenvalue weighted by atomic mass is 16.3. The van der Waals surface area contributed by atoms with Crippen molar-refractivity contribution in [3.63, 3.8) is 0 Å². The zero-order valence-electron chi connectivity index (χ0n) is 15.4. The fourth-order valence-electron chi connectivity index (χ4n) is 2.63. The molecule has 0 aliphatic heterocycles. The van der Waals surface area contributed by atoms with Gasteiger partial charge in [0.15, 0.2) is 0 Å². The van der Waals surface area contributed by atoms with Crippen molar-refractivity contribution in [2.45, 2.75) is 46.6 Å². The second-order valence-corrected chi connectivity index (χ2v) is 6.63. The molecule has 0 aliphatic rings. The number of aryl methyl sites for hydroxylation is 2. The van der Waals surface area contributed by atoms with Gasteiger partial charge in [-0.2, -0.15) is 0 Å². The van der Waals surface area contributed by atoms with Gasteiger partial charge in [-0.15, -0.1) is 0 Å². The average molecular weight is 341 g/mol. The molecule has 25 heavy (non-hydrogen) atoms. The molecular formula is C20H27N3O2. The van der Waals surface area contributed by atoms with Crippen molar-refractivity contribution in [2.24, 2.45) is 5.92 Å². The largest absolute Gasteiger partial charge is 0.394 e. The number of aromatic nitrogens is 2. The summed E-state index contributed by atoms with van der Waals surface area (Å²) in [7, 11) is 0. The molecule has 0 bridgehead atoms. The van der Waals surface area contributed by atoms with Crippen molar-refractivity contribution in [3.05, 3.63) is 47.4 Å². The summed E-state index contributed by atoms with van der Waals surface area (Å²) < 4.78 is 0. The lowest BCUT2D eigenvalue weighted by Gasteiger charge is -2.19. The van der Waals surface area contributed by atoms with Crippen LogP contribution in [0.15, 0.2) is 30.3 Å². The molecule has 1 amide bonds. The van der Waals surface area contributed by atoms with Gasteiger partial charge >= 0.3 is 0 Å². The first kappa shape index (κ1) is 19.1. The Labute approximate surface area is 149 Å². The number of benzene rings is 1. The normalized spacial score (nSPS) is 12.2. The third-order valence-electron chi connectivity index (χ3n) is 4.16. The molecule has 5 heteroatoms. The minimum atomic E-state index is -0.242. The Bertz CT molecular complexity index is 711. The van der Waals surface area contributed by atoms with Gasteiger partial charge < -0.3 is 10.4 Å². The fraction of sp³-hybridized carbons (Fsp3) is 0.450. The van der Waals surface area contributed by atoms with Crippen LogP contribution in [0, 0.1) is 12.8 Å². The number of hydrogen-bond acceptors (Lipinski definition) is 4. The molecule has 0 saturated heterocycles. The van der Waals surface area contributed by atoms with Crippen molar-refractivity contribution in [1.82, 2.24) is 15.3 Å². The Balaban J connectivity index is 2.18. The molecule has 1 atom stereocenters. The van der Waals surface area contributed by atoms with E-state index in [-0.39, 0.29) is 24.5 Å². The molecular weight excluding hydrogens is 314 g/mol. The Hall–Kier alpha value is -2.27. The number of rotatable bonds is 7. The van der Waals surface area contributed by atoms with Crippen LogP contribution in [0.3, 0.4) is 0 Å². The number of nitrogens with zero attached hydrogens (tertiary/aromatic N) is 2. The van der Waals surface area contributed by atoms with Crippen LogP contribution in [-0.2, 0) is 6.42 Å². The molecule has 0 radical (unpaired) electrons. The molecule has 0 fully saturated rings. The molecule has 1 aromatic carbocycles. The highest BCUT2D eigenvalue weighted by Gasteiger charge is 2.16. The molecule has 0 spiro atoms. The minimum Gasteiger partial charge on any atom is -0.394 e. The number of aliphatic hydroxyl groups excluding tert-OH is 1. The van der Waals surface area contributed by atoms with E-state index in [4.69, 9.17) is 0 Å². The van der Waals surface area contributed by atoms with Gasteiger partial charge in [-0.1, -0.05) is 39.3 Å². The maximum absolute atomic E-state index is 12.3. The molecule has 2 aromatic rings. The van der Waals surface area contributed by atoms with Crippen molar-refractivity contribution in [3.8, 4) is 11.3 Å². The topological polar surface area (TPSA) is 75.1 Å². The van der Waals surface area contributed by atoms with Gasteiger partial charge in [0.25, 0.3) is 5.91 Å². The number of amides is 1. The van der Waals surface area contributed by atoms with Crippen molar-refractivity contribution < 1.29 is 9.90 Å². The zero-order valence-corrected chi connectivity index (χ0v) is 15.4. The first-order valence-electron chi connectivity index (χ1n) is 8.81. The number of carbonyl (C=O) groups excluding carboxylic acids is 1. The van der Waals surface area contributed by atoms with E-state index in [0.717, 1.165) is 35.6 Å². The second kappa shape index (κ2) is 8.72. The summed E-state index contributed by atoms with van der Waals surface area (Å²) in [5.74, 6) is 0.754. The lowest BCUT2D eigenvalue weighted by Crippen LogP contribution is -2.41. The van der Waals surface area contributed by atoms with Crippen LogP contribution in [0.4, 0.5) is 0 Å². The van der Waals surface area contributed by atoms with Gasteiger partial charge in [-0.3, -0.25) is 4.79 Å². The monoisotopic (exact) mass is 341 g/mol. The molecule has 1 heterocycles. The smallest absolute Gasteiger partial charge is 0.251 e. The first-order valence-corrected chi connectivity index (χ1v) is 8.81. The maximum atomic E-state index is 12.3. The van der Waals surface area contributed by atoms with E-state index in [1.807, 2.05) is 39.0 Å². The van der Waals surface area contributed by atoms with Crippen molar-refractivity contribution >= 4 is 5.91 Å². The van der Waals surface area contributed by atoms with E-state index in [0.29, 0.717) is 5.56 Å². The fourth-order valence-corrected chi connectivity index (χ4v) is 2.63. The van der Waals surface area contributed by atoms with E-state index in [1.165, 1.54) is 0 Å². The summed E-state index contributed by atoms with van der Waals surface area (Å²) in [6, 6.07) is 9.14. The number of hydrogen-bond donors (Lipinski definition) is 2. The summed E-state index contributed by atoms with van der Waals surface area (Å²) in [4.78, 5) is 21.3. The summed E-state index contributed by atoms with van der Waals surface area (Å²) in [5, 5.41) is 12.2. The van der Waals surface area contributed by atoms with Crippen LogP contribution >= 0.6 is 0 Å². The third-order valence-corrected chi connectivity index (χ3v) is 4.16. The van der Waals surface area contributed by atoms with E-state index >= 15 is 0 Å². The Kier molecular flexibility index (Phi) is 6.65. The number of nitrogens with one attached hydrogen (secondary N) is 1. The standard InChI is InChI=1S/C20H27N3O2/c1-5-6-17-11-18(22-14(4)21-17)15-7-9-16(10-8-15)20(25)23-19(12-24)13(2)3/h7-11,13,19,24H,5-6,12H2,1-4H3,(H,23,25)/t19-/m0/s1. The van der Waals surface area contributed by atoms with E-state index in [1.54, 1.807) is 12.1 Å². The molecule has 0 aliphatic carbocycles. The van der Waals surface area contributed by atoms with Gasteiger partial charge in [0, 0.05) is 16.8 Å². The van der Waals surface area contributed by atoms with Gasteiger partial charge in [0.1, 0.15) is 5.82 Å². The maximum Gasteiger partial charge on any atom is 0.251 e. The van der Waals surface area contributed by atoms with Gasteiger partial charge in [0.05, 0.1) is 18.3 Å². The Morgan fingerprint density at radius 1 is 1.20 bits per heavy atom. The Morgan fingerprint density at radius 3 is 2.44 bits per heavy atom. The molecule has 0 unspecified atom stereocenters. The van der Waals surface area contributed by atoms with E-state index < -0.39 is 0 Å². The van der Waals surface area contributed by atoms with Crippen LogP contribution in [0.25, 0.3) is 11.3 Å². The van der Waals surface area contributed by atoms with Crippen LogP contribution in [-0.4, -0.2) is 33.6 Å². The highest BCUT2D eigenvalue weighted by Crippen LogP contribution is 2.19. The van der Waals surface area contributed by atoms with Crippen molar-refractivity contribution in [2.75, 3.05) is 6.61 Å². The van der Waals surface area contributed by atoms with Gasteiger partial charge in [-0.25, -0.2) is 9.97 Å². The quantitative estimate of drug-likeness (QED) is 0.811. The lowest BCUT2D eigenvalue weighted by molar-refractivity contribution is 0.0897. The summed E-state index contributed by atoms with van der Waals surface area (Å²) in [5.41, 5.74) is 3.44. The van der Waals surface area contributed by atoms with Gasteiger partial charge in [-0.05, 0) is 37.5 Å². The first-order chi connectivity index (χ1) is 11.9. The SMILES string of the molecule is CCCc1cc(-c2ccc(C(=O)N[C@@H](CO)C(C)C)cc2)nc(C)n1. The molecule has 134 valence electrons. The zero-order chi connectivity index (χ0) is 18.4. The summed E-state index contributed by atoms with van der Waals surface area (Å²) >= 11 is 0. The molecule has 2 rings (SSSR count). The molecule has 0 saturated carbocycles. The minimum absolute atomic E-state index is 0.0676. The van der Waals surface area contributed by atoms with E-state index in [9.17, 15) is 9.90 Å². The average Bonchev–Trinajstić information content (AvgIpc) is 2.59. The molecule has 5 nitrogen and oxygen atoms in total. The lowest BCUT2D eigenvalue weighted by atomic mass is 10.0. The van der Waals surface area contributed by atoms with Crippen molar-refractivity contribution in [1.29, 1.82) is 0 Å². The predicted molar refractivity (Wildman–Crippen MR) is 99.4 cm³/mol. The predicted octanol–water partition coefficient (Wildman–Crippen LogP) is 3.15. The van der Waals surface area contributed by atoms with Crippen LogP contribution in [0.2, 0.25) is 0 Å². The Morgan fingerprint density at radius 2 is 1.88 bits per heavy atom. The molecule has 1 aromatic heterocycles.